The lowest BCUT2D eigenvalue weighted by Gasteiger charge is -2.09. The molecule has 1 amide bonds. The summed E-state index contributed by atoms with van der Waals surface area (Å²) in [4.78, 5) is 21.5. The van der Waals surface area contributed by atoms with Gasteiger partial charge in [-0.2, -0.15) is 5.10 Å². The number of hydrogen-bond donors (Lipinski definition) is 1. The average molecular weight is 334 g/mol. The third-order valence-corrected chi connectivity index (χ3v) is 3.86. The molecule has 3 heterocycles. The van der Waals surface area contributed by atoms with E-state index in [-0.39, 0.29) is 11.1 Å². The van der Waals surface area contributed by atoms with Crippen molar-refractivity contribution in [2.24, 2.45) is 5.16 Å². The van der Waals surface area contributed by atoms with Crippen molar-refractivity contribution in [2.45, 2.75) is 32.9 Å². The fraction of sp³-hybridized carbons (Fsp3) is 0.333. The number of nitrogens with one attached hydrogen (secondary N) is 1. The van der Waals surface area contributed by atoms with Crippen LogP contribution in [0, 0.1) is 6.92 Å². The van der Waals surface area contributed by atoms with Crippen molar-refractivity contribution in [3.63, 3.8) is 0 Å². The van der Waals surface area contributed by atoms with E-state index >= 15 is 0 Å². The number of halogens is 1. The molecule has 0 saturated heterocycles. The number of carbonyl (C=O) groups is 1. The Morgan fingerprint density at radius 1 is 1.57 bits per heavy atom. The van der Waals surface area contributed by atoms with Crippen LogP contribution in [0.15, 0.2) is 29.7 Å². The molecule has 0 aromatic carbocycles. The molecule has 2 aromatic rings. The molecule has 1 atom stereocenters. The minimum absolute atomic E-state index is 0.236. The standard InChI is InChI=1S/C15H16ClN5O2/c1-3-21-8-10(9(2)19-21)12-7-13(23-20-12)15(22)18-11-5-4-6-17-14(11)16/h4-6,8,13H,3,7H2,1-2H3,(H,18,22). The minimum atomic E-state index is -0.689. The van der Waals surface area contributed by atoms with Crippen molar-refractivity contribution >= 4 is 28.9 Å². The van der Waals surface area contributed by atoms with E-state index in [0.29, 0.717) is 12.1 Å². The van der Waals surface area contributed by atoms with Gasteiger partial charge in [-0.3, -0.25) is 9.48 Å². The third kappa shape index (κ3) is 3.19. The van der Waals surface area contributed by atoms with Crippen LogP contribution in [-0.4, -0.2) is 32.5 Å². The second kappa shape index (κ2) is 6.37. The fourth-order valence-electron chi connectivity index (χ4n) is 2.33. The Bertz CT molecular complexity index is 771. The zero-order chi connectivity index (χ0) is 16.4. The molecule has 0 aliphatic carbocycles. The molecule has 23 heavy (non-hydrogen) atoms. The first-order valence-corrected chi connectivity index (χ1v) is 7.64. The lowest BCUT2D eigenvalue weighted by Crippen LogP contribution is -2.28. The Labute approximate surface area is 138 Å². The van der Waals surface area contributed by atoms with E-state index in [1.807, 2.05) is 24.7 Å². The van der Waals surface area contributed by atoms with Gasteiger partial charge in [0.05, 0.1) is 17.1 Å². The van der Waals surface area contributed by atoms with Crippen LogP contribution in [0.1, 0.15) is 24.6 Å². The predicted molar refractivity (Wildman–Crippen MR) is 86.5 cm³/mol. The molecule has 1 aliphatic heterocycles. The molecule has 1 unspecified atom stereocenters. The van der Waals surface area contributed by atoms with Crippen LogP contribution >= 0.6 is 11.6 Å². The summed E-state index contributed by atoms with van der Waals surface area (Å²) in [6.07, 6.45) is 3.17. The van der Waals surface area contributed by atoms with Gasteiger partial charge in [-0.05, 0) is 26.0 Å². The molecule has 0 bridgehead atoms. The Balaban J connectivity index is 1.68. The highest BCUT2D eigenvalue weighted by atomic mass is 35.5. The van der Waals surface area contributed by atoms with Gasteiger partial charge in [-0.25, -0.2) is 4.98 Å². The largest absolute Gasteiger partial charge is 0.382 e. The number of carbonyl (C=O) groups excluding carboxylic acids is 1. The topological polar surface area (TPSA) is 81.4 Å². The molecule has 3 rings (SSSR count). The molecule has 0 fully saturated rings. The van der Waals surface area contributed by atoms with Crippen LogP contribution in [0.5, 0.6) is 0 Å². The highest BCUT2D eigenvalue weighted by Crippen LogP contribution is 2.22. The fourth-order valence-corrected chi connectivity index (χ4v) is 2.50. The first-order valence-electron chi connectivity index (χ1n) is 7.27. The van der Waals surface area contributed by atoms with E-state index < -0.39 is 6.10 Å². The number of aryl methyl sites for hydroxylation is 2. The van der Waals surface area contributed by atoms with Crippen LogP contribution in [0.25, 0.3) is 0 Å². The number of pyridine rings is 1. The molecule has 0 saturated carbocycles. The Hall–Kier alpha value is -2.41. The summed E-state index contributed by atoms with van der Waals surface area (Å²) in [5, 5.41) is 11.4. The molecular weight excluding hydrogens is 318 g/mol. The van der Waals surface area contributed by atoms with Crippen LogP contribution in [0.2, 0.25) is 5.15 Å². The van der Waals surface area contributed by atoms with Gasteiger partial charge in [0.1, 0.15) is 0 Å². The SMILES string of the molecule is CCn1cc(C2=NOC(C(=O)Nc3cccnc3Cl)C2)c(C)n1. The van der Waals surface area contributed by atoms with Crippen LogP contribution in [-0.2, 0) is 16.2 Å². The number of anilines is 1. The summed E-state index contributed by atoms with van der Waals surface area (Å²) in [5.74, 6) is -0.306. The quantitative estimate of drug-likeness (QED) is 0.871. The molecule has 120 valence electrons. The second-order valence-corrected chi connectivity index (χ2v) is 5.51. The van der Waals surface area contributed by atoms with Gasteiger partial charge in [0.15, 0.2) is 5.15 Å². The molecule has 0 radical (unpaired) electrons. The van der Waals surface area contributed by atoms with Crippen molar-refractivity contribution in [1.82, 2.24) is 14.8 Å². The van der Waals surface area contributed by atoms with Crippen molar-refractivity contribution in [3.8, 4) is 0 Å². The molecule has 1 aliphatic rings. The zero-order valence-corrected chi connectivity index (χ0v) is 13.5. The average Bonchev–Trinajstić information content (AvgIpc) is 3.15. The van der Waals surface area contributed by atoms with Gasteiger partial charge >= 0.3 is 0 Å². The van der Waals surface area contributed by atoms with E-state index in [4.69, 9.17) is 16.4 Å². The van der Waals surface area contributed by atoms with Crippen molar-refractivity contribution in [2.75, 3.05) is 5.32 Å². The van der Waals surface area contributed by atoms with E-state index in [0.717, 1.165) is 23.5 Å². The molecule has 0 spiro atoms. The first kappa shape index (κ1) is 15.5. The van der Waals surface area contributed by atoms with Gasteiger partial charge in [-0.1, -0.05) is 16.8 Å². The Morgan fingerprint density at radius 3 is 3.09 bits per heavy atom. The van der Waals surface area contributed by atoms with Gasteiger partial charge in [0, 0.05) is 30.9 Å². The summed E-state index contributed by atoms with van der Waals surface area (Å²) < 4.78 is 1.83. The van der Waals surface area contributed by atoms with Crippen LogP contribution < -0.4 is 5.32 Å². The zero-order valence-electron chi connectivity index (χ0n) is 12.8. The Morgan fingerprint density at radius 2 is 2.39 bits per heavy atom. The molecule has 2 aromatic heterocycles. The van der Waals surface area contributed by atoms with Crippen LogP contribution in [0.4, 0.5) is 5.69 Å². The third-order valence-electron chi connectivity index (χ3n) is 3.56. The summed E-state index contributed by atoms with van der Waals surface area (Å²) in [6, 6.07) is 3.38. The molecular formula is C15H16ClN5O2. The van der Waals surface area contributed by atoms with E-state index in [1.165, 1.54) is 0 Å². The summed E-state index contributed by atoms with van der Waals surface area (Å²) in [5.41, 5.74) is 2.94. The monoisotopic (exact) mass is 333 g/mol. The lowest BCUT2D eigenvalue weighted by atomic mass is 10.1. The minimum Gasteiger partial charge on any atom is -0.382 e. The van der Waals surface area contributed by atoms with Gasteiger partial charge in [0.2, 0.25) is 6.10 Å². The maximum Gasteiger partial charge on any atom is 0.268 e. The molecule has 8 heteroatoms. The first-order chi connectivity index (χ1) is 11.1. The number of rotatable bonds is 4. The lowest BCUT2D eigenvalue weighted by molar-refractivity contribution is -0.125. The normalized spacial score (nSPS) is 16.8. The van der Waals surface area contributed by atoms with Gasteiger partial charge < -0.3 is 10.2 Å². The maximum absolute atomic E-state index is 12.3. The summed E-state index contributed by atoms with van der Waals surface area (Å²) in [6.45, 7) is 4.70. The second-order valence-electron chi connectivity index (χ2n) is 5.15. The van der Waals surface area contributed by atoms with Crippen molar-refractivity contribution in [1.29, 1.82) is 0 Å². The number of aromatic nitrogens is 3. The maximum atomic E-state index is 12.3. The molecule has 7 nitrogen and oxygen atoms in total. The summed E-state index contributed by atoms with van der Waals surface area (Å²) in [7, 11) is 0. The number of hydrogen-bond acceptors (Lipinski definition) is 5. The van der Waals surface area contributed by atoms with Crippen LogP contribution in [0.3, 0.4) is 0 Å². The number of amides is 1. The Kier molecular flexibility index (Phi) is 4.29. The molecule has 1 N–H and O–H groups in total. The number of oxime groups is 1. The van der Waals surface area contributed by atoms with Crippen molar-refractivity contribution in [3.05, 3.63) is 40.9 Å². The smallest absolute Gasteiger partial charge is 0.268 e. The predicted octanol–water partition coefficient (Wildman–Crippen LogP) is 2.39. The summed E-state index contributed by atoms with van der Waals surface area (Å²) >= 11 is 5.93. The van der Waals surface area contributed by atoms with Crippen molar-refractivity contribution < 1.29 is 9.63 Å². The highest BCUT2D eigenvalue weighted by Gasteiger charge is 2.30. The van der Waals surface area contributed by atoms with Gasteiger partial charge in [-0.15, -0.1) is 0 Å². The number of nitrogens with zero attached hydrogens (tertiary/aromatic N) is 4. The highest BCUT2D eigenvalue weighted by molar-refractivity contribution is 6.32. The van der Waals surface area contributed by atoms with E-state index in [1.54, 1.807) is 18.3 Å². The van der Waals surface area contributed by atoms with E-state index in [9.17, 15) is 4.79 Å². The van der Waals surface area contributed by atoms with E-state index in [2.05, 4.69) is 20.6 Å². The van der Waals surface area contributed by atoms with Gasteiger partial charge in [0.25, 0.3) is 5.91 Å².